The normalized spacial score (nSPS) is 10.6. The van der Waals surface area contributed by atoms with Crippen LogP contribution in [-0.2, 0) is 0 Å². The first-order valence-electron chi connectivity index (χ1n) is 9.94. The van der Waals surface area contributed by atoms with Crippen molar-refractivity contribution in [3.8, 4) is 33.8 Å². The highest BCUT2D eigenvalue weighted by atomic mass is 79.9. The Hall–Kier alpha value is -2.89. The van der Waals surface area contributed by atoms with Gasteiger partial charge in [0.1, 0.15) is 11.5 Å². The van der Waals surface area contributed by atoms with E-state index in [0.717, 1.165) is 31.2 Å². The van der Waals surface area contributed by atoms with Gasteiger partial charge in [-0.25, -0.2) is 0 Å². The minimum Gasteiger partial charge on any atom is -0.496 e. The lowest BCUT2D eigenvalue weighted by molar-refractivity contribution is 0.103. The summed E-state index contributed by atoms with van der Waals surface area (Å²) in [4.78, 5) is 14.0. The fourth-order valence-corrected chi connectivity index (χ4v) is 4.61. The van der Waals surface area contributed by atoms with E-state index in [1.807, 2.05) is 84.9 Å². The first-order chi connectivity index (χ1) is 15.5. The lowest BCUT2D eigenvalue weighted by atomic mass is 9.89. The summed E-state index contributed by atoms with van der Waals surface area (Å²) < 4.78 is 13.1. The summed E-state index contributed by atoms with van der Waals surface area (Å²) in [5.41, 5.74) is 4.42. The van der Waals surface area contributed by atoms with Gasteiger partial charge in [0.25, 0.3) is 0 Å². The number of benzene rings is 4. The third-order valence-electron chi connectivity index (χ3n) is 5.21. The van der Waals surface area contributed by atoms with Crippen LogP contribution >= 0.6 is 31.9 Å². The van der Waals surface area contributed by atoms with Crippen molar-refractivity contribution in [3.63, 3.8) is 0 Å². The number of hydrogen-bond donors (Lipinski definition) is 0. The molecule has 0 bridgehead atoms. The SMILES string of the molecule is COc1cccc(C(=O)c2cccc(OC)c2-c2cccc(Br)c2)c1-c1cccc(Br)c1. The second-order valence-corrected chi connectivity index (χ2v) is 8.95. The van der Waals surface area contributed by atoms with Crippen molar-refractivity contribution in [2.75, 3.05) is 14.2 Å². The minimum atomic E-state index is -0.104. The molecule has 0 saturated heterocycles. The summed E-state index contributed by atoms with van der Waals surface area (Å²) in [6, 6.07) is 26.8. The Kier molecular flexibility index (Phi) is 6.77. The topological polar surface area (TPSA) is 35.5 Å². The maximum Gasteiger partial charge on any atom is 0.194 e. The molecule has 0 N–H and O–H groups in total. The van der Waals surface area contributed by atoms with Crippen molar-refractivity contribution in [2.45, 2.75) is 0 Å². The third-order valence-corrected chi connectivity index (χ3v) is 6.19. The lowest BCUT2D eigenvalue weighted by Gasteiger charge is -2.17. The number of ketones is 1. The van der Waals surface area contributed by atoms with Crippen molar-refractivity contribution in [1.82, 2.24) is 0 Å². The number of methoxy groups -OCH3 is 2. The average molecular weight is 552 g/mol. The zero-order valence-electron chi connectivity index (χ0n) is 17.6. The van der Waals surface area contributed by atoms with Crippen LogP contribution in [0.25, 0.3) is 22.3 Å². The molecular formula is C27H20Br2O3. The number of carbonyl (C=O) groups is 1. The van der Waals surface area contributed by atoms with E-state index in [1.165, 1.54) is 0 Å². The Labute approximate surface area is 204 Å². The molecule has 0 unspecified atom stereocenters. The molecule has 0 aliphatic rings. The van der Waals surface area contributed by atoms with Crippen LogP contribution in [0.5, 0.6) is 11.5 Å². The van der Waals surface area contributed by atoms with E-state index in [1.54, 1.807) is 14.2 Å². The van der Waals surface area contributed by atoms with Crippen molar-refractivity contribution in [3.05, 3.63) is 105 Å². The van der Waals surface area contributed by atoms with Crippen LogP contribution in [0.2, 0.25) is 0 Å². The van der Waals surface area contributed by atoms with Crippen LogP contribution in [0.1, 0.15) is 15.9 Å². The largest absolute Gasteiger partial charge is 0.496 e. The molecule has 0 aliphatic heterocycles. The van der Waals surface area contributed by atoms with E-state index in [9.17, 15) is 4.79 Å². The van der Waals surface area contributed by atoms with Gasteiger partial charge in [0.05, 0.1) is 14.2 Å². The molecule has 0 aliphatic carbocycles. The van der Waals surface area contributed by atoms with E-state index in [0.29, 0.717) is 22.6 Å². The molecule has 0 radical (unpaired) electrons. The van der Waals surface area contributed by atoms with Crippen LogP contribution < -0.4 is 9.47 Å². The Morgan fingerprint density at radius 1 is 0.625 bits per heavy atom. The highest BCUT2D eigenvalue weighted by Crippen LogP contribution is 2.39. The Morgan fingerprint density at radius 3 is 1.41 bits per heavy atom. The Morgan fingerprint density at radius 2 is 1.03 bits per heavy atom. The molecule has 0 amide bonds. The summed E-state index contributed by atoms with van der Waals surface area (Å²) >= 11 is 7.07. The molecular weight excluding hydrogens is 532 g/mol. The molecule has 0 heterocycles. The summed E-state index contributed by atoms with van der Waals surface area (Å²) in [5.74, 6) is 1.18. The van der Waals surface area contributed by atoms with Gasteiger partial charge in [-0.3, -0.25) is 4.79 Å². The fraction of sp³-hybridized carbons (Fsp3) is 0.0741. The average Bonchev–Trinajstić information content (AvgIpc) is 2.82. The molecule has 4 rings (SSSR count). The van der Waals surface area contributed by atoms with Gasteiger partial charge >= 0.3 is 0 Å². The van der Waals surface area contributed by atoms with E-state index in [4.69, 9.17) is 9.47 Å². The maximum atomic E-state index is 14.0. The maximum absolute atomic E-state index is 14.0. The van der Waals surface area contributed by atoms with E-state index in [-0.39, 0.29) is 5.78 Å². The van der Waals surface area contributed by atoms with Gasteiger partial charge in [0, 0.05) is 31.2 Å². The second-order valence-electron chi connectivity index (χ2n) is 7.12. The highest BCUT2D eigenvalue weighted by Gasteiger charge is 2.23. The quantitative estimate of drug-likeness (QED) is 0.229. The number of ether oxygens (including phenoxy) is 2. The molecule has 4 aromatic rings. The smallest absolute Gasteiger partial charge is 0.194 e. The third kappa shape index (κ3) is 4.36. The molecule has 0 fully saturated rings. The van der Waals surface area contributed by atoms with Crippen LogP contribution in [0.15, 0.2) is 93.9 Å². The molecule has 32 heavy (non-hydrogen) atoms. The van der Waals surface area contributed by atoms with Gasteiger partial charge < -0.3 is 9.47 Å². The molecule has 0 aromatic heterocycles. The van der Waals surface area contributed by atoms with Crippen molar-refractivity contribution in [2.24, 2.45) is 0 Å². The number of rotatable bonds is 6. The van der Waals surface area contributed by atoms with Crippen molar-refractivity contribution >= 4 is 37.6 Å². The van der Waals surface area contributed by atoms with Crippen molar-refractivity contribution in [1.29, 1.82) is 0 Å². The summed E-state index contributed by atoms with van der Waals surface area (Å²) in [5, 5.41) is 0. The number of halogens is 2. The Balaban J connectivity index is 1.96. The summed E-state index contributed by atoms with van der Waals surface area (Å²) in [6.45, 7) is 0. The molecule has 3 nitrogen and oxygen atoms in total. The molecule has 5 heteroatoms. The van der Waals surface area contributed by atoms with Crippen LogP contribution in [0.3, 0.4) is 0 Å². The predicted octanol–water partition coefficient (Wildman–Crippen LogP) is 7.79. The van der Waals surface area contributed by atoms with E-state index < -0.39 is 0 Å². The van der Waals surface area contributed by atoms with Crippen LogP contribution in [0.4, 0.5) is 0 Å². The number of hydrogen-bond acceptors (Lipinski definition) is 3. The highest BCUT2D eigenvalue weighted by molar-refractivity contribution is 9.10. The molecule has 4 aromatic carbocycles. The van der Waals surface area contributed by atoms with Gasteiger partial charge in [0.2, 0.25) is 0 Å². The zero-order valence-corrected chi connectivity index (χ0v) is 20.7. The van der Waals surface area contributed by atoms with Gasteiger partial charge in [0.15, 0.2) is 5.78 Å². The Bertz CT molecular complexity index is 1200. The standard InChI is InChI=1S/C27H20Br2O3/c1-31-23-13-5-11-21(25(23)17-7-3-9-19(28)15-17)27(30)22-12-6-14-24(32-2)26(22)18-8-4-10-20(29)16-18/h3-16H,1-2H3. The predicted molar refractivity (Wildman–Crippen MR) is 136 cm³/mol. The molecule has 0 atom stereocenters. The monoisotopic (exact) mass is 550 g/mol. The van der Waals surface area contributed by atoms with Crippen molar-refractivity contribution < 1.29 is 14.3 Å². The van der Waals surface area contributed by atoms with E-state index in [2.05, 4.69) is 31.9 Å². The molecule has 0 saturated carbocycles. The zero-order chi connectivity index (χ0) is 22.7. The molecule has 0 spiro atoms. The fourth-order valence-electron chi connectivity index (χ4n) is 3.81. The first kappa shape index (κ1) is 22.3. The summed E-state index contributed by atoms with van der Waals surface area (Å²) in [6.07, 6.45) is 0. The number of carbonyl (C=O) groups excluding carboxylic acids is 1. The van der Waals surface area contributed by atoms with Crippen LogP contribution in [0, 0.1) is 0 Å². The molecule has 160 valence electrons. The summed E-state index contributed by atoms with van der Waals surface area (Å²) in [7, 11) is 3.23. The van der Waals surface area contributed by atoms with E-state index >= 15 is 0 Å². The van der Waals surface area contributed by atoms with Gasteiger partial charge in [-0.05, 0) is 47.5 Å². The lowest BCUT2D eigenvalue weighted by Crippen LogP contribution is -2.07. The van der Waals surface area contributed by atoms with Gasteiger partial charge in [-0.1, -0.05) is 80.4 Å². The van der Waals surface area contributed by atoms with Crippen LogP contribution in [-0.4, -0.2) is 20.0 Å². The second kappa shape index (κ2) is 9.72. The van der Waals surface area contributed by atoms with Gasteiger partial charge in [-0.15, -0.1) is 0 Å². The minimum absolute atomic E-state index is 0.104. The van der Waals surface area contributed by atoms with Gasteiger partial charge in [-0.2, -0.15) is 0 Å². The first-order valence-corrected chi connectivity index (χ1v) is 11.5.